The maximum atomic E-state index is 3.62. The lowest BCUT2D eigenvalue weighted by Crippen LogP contribution is -2.16. The average Bonchev–Trinajstić information content (AvgIpc) is 2.69. The Morgan fingerprint density at radius 3 is 2.41 bits per heavy atom. The van der Waals surface area contributed by atoms with Gasteiger partial charge in [-0.2, -0.15) is 0 Å². The number of thiophene rings is 1. The molecule has 1 N–H and O–H groups in total. The summed E-state index contributed by atoms with van der Waals surface area (Å²) in [6, 6.07) is 10.7. The van der Waals surface area contributed by atoms with Gasteiger partial charge in [0.15, 0.2) is 0 Å². The fourth-order valence-corrected chi connectivity index (χ4v) is 4.50. The van der Waals surface area contributed by atoms with Crippen LogP contribution in [0.2, 0.25) is 0 Å². The van der Waals surface area contributed by atoms with Gasteiger partial charge in [0.05, 0.1) is 9.83 Å². The van der Waals surface area contributed by atoms with Crippen LogP contribution in [0.3, 0.4) is 0 Å². The molecule has 0 bridgehead atoms. The molecule has 0 aliphatic heterocycles. The van der Waals surface area contributed by atoms with Crippen molar-refractivity contribution in [3.05, 3.63) is 53.5 Å². The molecule has 1 aromatic heterocycles. The Hall–Kier alpha value is 0.320. The van der Waals surface area contributed by atoms with Gasteiger partial charge in [-0.05, 0) is 52.8 Å². The fourth-order valence-electron chi connectivity index (χ4n) is 1.67. The molecule has 0 radical (unpaired) electrons. The molecule has 0 amide bonds. The van der Waals surface area contributed by atoms with Gasteiger partial charge in [-0.15, -0.1) is 11.3 Å². The number of hydrogen-bond acceptors (Lipinski definition) is 2. The van der Waals surface area contributed by atoms with Gasteiger partial charge in [0, 0.05) is 13.8 Å². The van der Waals surface area contributed by atoms with E-state index in [-0.39, 0.29) is 6.04 Å². The van der Waals surface area contributed by atoms with E-state index in [1.165, 1.54) is 10.4 Å². The van der Waals surface area contributed by atoms with Crippen LogP contribution in [0.25, 0.3) is 0 Å². The molecule has 0 aliphatic carbocycles. The smallest absolute Gasteiger partial charge is 0.0702 e. The lowest BCUT2D eigenvalue weighted by molar-refractivity contribution is 0.701. The second-order valence-corrected chi connectivity index (χ2v) is 7.79. The molecular weight excluding hydrogens is 430 g/mol. The Balaban J connectivity index is 2.42. The summed E-state index contributed by atoms with van der Waals surface area (Å²) >= 11 is 12.3. The SMILES string of the molecule is CNC(c1ccc(Br)s1)c1ccc(Br)cc1Br. The monoisotopic (exact) mass is 437 g/mol. The summed E-state index contributed by atoms with van der Waals surface area (Å²) in [4.78, 5) is 1.29. The molecule has 90 valence electrons. The molecule has 5 heteroatoms. The highest BCUT2D eigenvalue weighted by molar-refractivity contribution is 9.11. The predicted octanol–water partition coefficient (Wildman–Crippen LogP) is 5.34. The lowest BCUT2D eigenvalue weighted by Gasteiger charge is -2.16. The first-order chi connectivity index (χ1) is 8.11. The molecule has 1 aromatic carbocycles. The van der Waals surface area contributed by atoms with E-state index in [9.17, 15) is 0 Å². The minimum Gasteiger partial charge on any atom is -0.309 e. The van der Waals surface area contributed by atoms with Gasteiger partial charge < -0.3 is 5.32 Å². The summed E-state index contributed by atoms with van der Waals surface area (Å²) in [5.41, 5.74) is 1.24. The van der Waals surface area contributed by atoms with E-state index < -0.39 is 0 Å². The molecule has 0 saturated carbocycles. The topological polar surface area (TPSA) is 12.0 Å². The van der Waals surface area contributed by atoms with Crippen molar-refractivity contribution >= 4 is 59.1 Å². The van der Waals surface area contributed by atoms with Crippen molar-refractivity contribution in [3.63, 3.8) is 0 Å². The molecule has 17 heavy (non-hydrogen) atoms. The van der Waals surface area contributed by atoms with Crippen LogP contribution in [0, 0.1) is 0 Å². The van der Waals surface area contributed by atoms with Crippen LogP contribution >= 0.6 is 59.1 Å². The standard InChI is InChI=1S/C12H10Br3NS/c1-16-12(10-4-5-11(15)17-10)8-3-2-7(13)6-9(8)14/h2-6,12,16H,1H3. The Morgan fingerprint density at radius 2 is 1.88 bits per heavy atom. The zero-order chi connectivity index (χ0) is 12.4. The second kappa shape index (κ2) is 5.97. The van der Waals surface area contributed by atoms with E-state index in [4.69, 9.17) is 0 Å². The molecular formula is C12H10Br3NS. The molecule has 1 unspecified atom stereocenters. The Labute approximate surface area is 130 Å². The largest absolute Gasteiger partial charge is 0.309 e. The molecule has 2 rings (SSSR count). The van der Waals surface area contributed by atoms with Crippen molar-refractivity contribution in [3.8, 4) is 0 Å². The third-order valence-corrected chi connectivity index (χ3v) is 5.31. The van der Waals surface area contributed by atoms with Crippen molar-refractivity contribution in [1.82, 2.24) is 5.32 Å². The molecule has 2 aromatic rings. The number of hydrogen-bond donors (Lipinski definition) is 1. The Morgan fingerprint density at radius 1 is 1.12 bits per heavy atom. The zero-order valence-corrected chi connectivity index (χ0v) is 14.6. The first-order valence-electron chi connectivity index (χ1n) is 4.99. The van der Waals surface area contributed by atoms with Gasteiger partial charge in [-0.1, -0.05) is 37.9 Å². The van der Waals surface area contributed by atoms with Crippen molar-refractivity contribution in [1.29, 1.82) is 0 Å². The van der Waals surface area contributed by atoms with Gasteiger partial charge in [0.25, 0.3) is 0 Å². The summed E-state index contributed by atoms with van der Waals surface area (Å²) in [5.74, 6) is 0. The van der Waals surface area contributed by atoms with Crippen LogP contribution in [-0.2, 0) is 0 Å². The molecule has 0 aliphatic rings. The normalized spacial score (nSPS) is 12.7. The van der Waals surface area contributed by atoms with Crippen LogP contribution < -0.4 is 5.32 Å². The van der Waals surface area contributed by atoms with Crippen LogP contribution in [0.4, 0.5) is 0 Å². The van der Waals surface area contributed by atoms with Crippen LogP contribution in [-0.4, -0.2) is 7.05 Å². The maximum absolute atomic E-state index is 3.62. The van der Waals surface area contributed by atoms with E-state index in [0.29, 0.717) is 0 Å². The third kappa shape index (κ3) is 3.20. The lowest BCUT2D eigenvalue weighted by atomic mass is 10.1. The van der Waals surface area contributed by atoms with Gasteiger partial charge in [0.2, 0.25) is 0 Å². The minimum atomic E-state index is 0.216. The average molecular weight is 440 g/mol. The Bertz CT molecular complexity index is 524. The highest BCUT2D eigenvalue weighted by Crippen LogP contribution is 2.35. The summed E-state index contributed by atoms with van der Waals surface area (Å²) in [7, 11) is 1.98. The molecule has 0 fully saturated rings. The van der Waals surface area contributed by atoms with Crippen molar-refractivity contribution in [2.75, 3.05) is 7.05 Å². The van der Waals surface area contributed by atoms with E-state index in [0.717, 1.165) is 12.7 Å². The van der Waals surface area contributed by atoms with Gasteiger partial charge >= 0.3 is 0 Å². The molecule has 1 nitrogen and oxygen atoms in total. The van der Waals surface area contributed by atoms with E-state index in [2.05, 4.69) is 83.4 Å². The molecule has 0 saturated heterocycles. The predicted molar refractivity (Wildman–Crippen MR) is 84.8 cm³/mol. The highest BCUT2D eigenvalue weighted by atomic mass is 79.9. The van der Waals surface area contributed by atoms with Crippen molar-refractivity contribution < 1.29 is 0 Å². The van der Waals surface area contributed by atoms with Crippen molar-refractivity contribution in [2.24, 2.45) is 0 Å². The van der Waals surface area contributed by atoms with Gasteiger partial charge in [0.1, 0.15) is 0 Å². The summed E-state index contributed by atoms with van der Waals surface area (Å²) < 4.78 is 3.34. The van der Waals surface area contributed by atoms with Crippen LogP contribution in [0.5, 0.6) is 0 Å². The summed E-state index contributed by atoms with van der Waals surface area (Å²) in [6.07, 6.45) is 0. The second-order valence-electron chi connectivity index (χ2n) is 3.53. The first kappa shape index (κ1) is 13.7. The number of benzene rings is 1. The number of halogens is 3. The van der Waals surface area contributed by atoms with Gasteiger partial charge in [-0.25, -0.2) is 0 Å². The zero-order valence-electron chi connectivity index (χ0n) is 9.01. The van der Waals surface area contributed by atoms with Crippen LogP contribution in [0.1, 0.15) is 16.5 Å². The van der Waals surface area contributed by atoms with E-state index in [1.54, 1.807) is 11.3 Å². The Kier molecular flexibility index (Phi) is 4.83. The van der Waals surface area contributed by atoms with E-state index in [1.807, 2.05) is 7.05 Å². The molecule has 1 heterocycles. The maximum Gasteiger partial charge on any atom is 0.0702 e. The third-order valence-electron chi connectivity index (χ3n) is 2.44. The number of rotatable bonds is 3. The van der Waals surface area contributed by atoms with Crippen molar-refractivity contribution in [2.45, 2.75) is 6.04 Å². The van der Waals surface area contributed by atoms with E-state index >= 15 is 0 Å². The summed E-state index contributed by atoms with van der Waals surface area (Å²) in [6.45, 7) is 0. The minimum absolute atomic E-state index is 0.216. The van der Waals surface area contributed by atoms with Gasteiger partial charge in [-0.3, -0.25) is 0 Å². The van der Waals surface area contributed by atoms with Crippen LogP contribution in [0.15, 0.2) is 43.1 Å². The first-order valence-corrected chi connectivity index (χ1v) is 8.19. The fraction of sp³-hybridized carbons (Fsp3) is 0.167. The quantitative estimate of drug-likeness (QED) is 0.680. The highest BCUT2D eigenvalue weighted by Gasteiger charge is 2.16. The number of nitrogens with one attached hydrogen (secondary N) is 1. The molecule has 1 atom stereocenters. The molecule has 0 spiro atoms. The summed E-state index contributed by atoms with van der Waals surface area (Å²) in [5, 5.41) is 3.35.